The topological polar surface area (TPSA) is 52.6 Å². The number of carbonyl (C=O) groups is 2. The van der Waals surface area contributed by atoms with Crippen LogP contribution >= 0.6 is 31.9 Å². The van der Waals surface area contributed by atoms with Crippen molar-refractivity contribution in [2.75, 3.05) is 13.2 Å². The Labute approximate surface area is 208 Å². The van der Waals surface area contributed by atoms with E-state index >= 15 is 0 Å². The molecule has 2 aromatic carbocycles. The van der Waals surface area contributed by atoms with Gasteiger partial charge in [-0.1, -0.05) is 83.2 Å². The minimum Gasteiger partial charge on any atom is -0.493 e. The average molecular weight is 568 g/mol. The first-order valence-electron chi connectivity index (χ1n) is 11.4. The highest BCUT2D eigenvalue weighted by Gasteiger charge is 2.04. The summed E-state index contributed by atoms with van der Waals surface area (Å²) in [7, 11) is 0. The van der Waals surface area contributed by atoms with Crippen LogP contribution in [0.15, 0.2) is 45.3 Å². The smallest absolute Gasteiger partial charge is 0.153 e. The van der Waals surface area contributed by atoms with Crippen molar-refractivity contribution in [2.24, 2.45) is 0 Å². The van der Waals surface area contributed by atoms with Crippen molar-refractivity contribution in [2.45, 2.75) is 64.2 Å². The summed E-state index contributed by atoms with van der Waals surface area (Å²) in [6.07, 6.45) is 13.5. The lowest BCUT2D eigenvalue weighted by Crippen LogP contribution is -2.00. The van der Waals surface area contributed by atoms with Crippen molar-refractivity contribution >= 4 is 44.4 Å². The molecule has 0 atom stereocenters. The molecule has 0 saturated heterocycles. The molecule has 0 N–H and O–H groups in total. The van der Waals surface area contributed by atoms with Crippen LogP contribution in [0.1, 0.15) is 84.9 Å². The molecule has 4 nitrogen and oxygen atoms in total. The van der Waals surface area contributed by atoms with E-state index in [1.165, 1.54) is 38.5 Å². The summed E-state index contributed by atoms with van der Waals surface area (Å²) in [5.74, 6) is 1.32. The minimum atomic E-state index is 0.588. The molecule has 0 amide bonds. The molecule has 0 aromatic heterocycles. The van der Waals surface area contributed by atoms with Gasteiger partial charge in [0.2, 0.25) is 0 Å². The third-order valence-corrected chi connectivity index (χ3v) is 6.24. The van der Waals surface area contributed by atoms with Crippen molar-refractivity contribution in [3.63, 3.8) is 0 Å². The zero-order valence-electron chi connectivity index (χ0n) is 18.5. The molecule has 0 aliphatic heterocycles. The van der Waals surface area contributed by atoms with Crippen LogP contribution < -0.4 is 9.47 Å². The second kappa shape index (κ2) is 16.0. The van der Waals surface area contributed by atoms with Gasteiger partial charge >= 0.3 is 0 Å². The Morgan fingerprint density at radius 1 is 0.562 bits per heavy atom. The zero-order chi connectivity index (χ0) is 23.0. The molecule has 0 fully saturated rings. The third-order valence-electron chi connectivity index (χ3n) is 5.25. The summed E-state index contributed by atoms with van der Waals surface area (Å²) in [5, 5.41) is 0. The second-order valence-corrected chi connectivity index (χ2v) is 9.66. The fraction of sp³-hybridized carbons (Fsp3) is 0.462. The van der Waals surface area contributed by atoms with Crippen LogP contribution in [0.4, 0.5) is 0 Å². The highest BCUT2D eigenvalue weighted by Crippen LogP contribution is 2.23. The number of ether oxygens (including phenoxy) is 2. The standard InChI is InChI=1S/C26H32Br2O4/c27-23-11-13-25(21(17-23)19-29)31-15-9-7-5-3-1-2-4-6-8-10-16-32-26-14-12-24(28)18-22(26)20-30/h11-14,17-20H,1-10,15-16H2. The molecule has 174 valence electrons. The number of carbonyl (C=O) groups excluding carboxylic acids is 2. The monoisotopic (exact) mass is 566 g/mol. The quantitative estimate of drug-likeness (QED) is 0.143. The minimum absolute atomic E-state index is 0.588. The van der Waals surface area contributed by atoms with Gasteiger partial charge in [0.15, 0.2) is 12.6 Å². The summed E-state index contributed by atoms with van der Waals surface area (Å²) in [4.78, 5) is 22.2. The summed E-state index contributed by atoms with van der Waals surface area (Å²) in [5.41, 5.74) is 1.18. The molecular formula is C26H32Br2O4. The van der Waals surface area contributed by atoms with E-state index in [1.807, 2.05) is 24.3 Å². The first kappa shape index (κ1) is 26.6. The Balaban J connectivity index is 1.40. The van der Waals surface area contributed by atoms with Gasteiger partial charge in [0.25, 0.3) is 0 Å². The van der Waals surface area contributed by atoms with Gasteiger partial charge in [-0.15, -0.1) is 0 Å². The molecule has 0 spiro atoms. The molecule has 32 heavy (non-hydrogen) atoms. The van der Waals surface area contributed by atoms with Crippen LogP contribution in [-0.2, 0) is 0 Å². The van der Waals surface area contributed by atoms with E-state index in [9.17, 15) is 9.59 Å². The Morgan fingerprint density at radius 3 is 1.25 bits per heavy atom. The maximum Gasteiger partial charge on any atom is 0.153 e. The number of benzene rings is 2. The van der Waals surface area contributed by atoms with Crippen molar-refractivity contribution < 1.29 is 19.1 Å². The molecule has 0 aliphatic rings. The largest absolute Gasteiger partial charge is 0.493 e. The molecular weight excluding hydrogens is 536 g/mol. The van der Waals surface area contributed by atoms with E-state index in [-0.39, 0.29) is 0 Å². The van der Waals surface area contributed by atoms with E-state index in [1.54, 1.807) is 12.1 Å². The van der Waals surface area contributed by atoms with Crippen molar-refractivity contribution in [1.29, 1.82) is 0 Å². The lowest BCUT2D eigenvalue weighted by atomic mass is 10.1. The second-order valence-electron chi connectivity index (χ2n) is 7.83. The molecule has 0 bridgehead atoms. The lowest BCUT2D eigenvalue weighted by molar-refractivity contribution is 0.111. The lowest BCUT2D eigenvalue weighted by Gasteiger charge is -2.09. The van der Waals surface area contributed by atoms with Gasteiger partial charge in [-0.25, -0.2) is 0 Å². The zero-order valence-corrected chi connectivity index (χ0v) is 21.7. The molecule has 0 aliphatic carbocycles. The van der Waals surface area contributed by atoms with Crippen LogP contribution in [0.2, 0.25) is 0 Å². The summed E-state index contributed by atoms with van der Waals surface area (Å²) >= 11 is 6.73. The molecule has 2 aromatic rings. The molecule has 0 unspecified atom stereocenters. The maximum atomic E-state index is 11.1. The van der Waals surface area contributed by atoms with Crippen molar-refractivity contribution in [1.82, 2.24) is 0 Å². The van der Waals surface area contributed by atoms with Gasteiger partial charge in [0.1, 0.15) is 11.5 Å². The van der Waals surface area contributed by atoms with Crippen LogP contribution in [-0.4, -0.2) is 25.8 Å². The fourth-order valence-electron chi connectivity index (χ4n) is 3.47. The predicted octanol–water partition coefficient (Wildman–Crippen LogP) is 8.20. The number of hydrogen-bond donors (Lipinski definition) is 0. The van der Waals surface area contributed by atoms with E-state index < -0.39 is 0 Å². The van der Waals surface area contributed by atoms with E-state index in [0.29, 0.717) is 35.8 Å². The summed E-state index contributed by atoms with van der Waals surface area (Å²) in [6.45, 7) is 1.30. The van der Waals surface area contributed by atoms with Gasteiger partial charge in [-0.2, -0.15) is 0 Å². The van der Waals surface area contributed by atoms with Gasteiger partial charge in [-0.05, 0) is 49.2 Å². The van der Waals surface area contributed by atoms with E-state index in [4.69, 9.17) is 9.47 Å². The Bertz CT molecular complexity index is 769. The average Bonchev–Trinajstić information content (AvgIpc) is 2.80. The SMILES string of the molecule is O=Cc1cc(Br)ccc1OCCCCCCCCCCCCOc1ccc(Br)cc1C=O. The molecule has 0 saturated carbocycles. The van der Waals surface area contributed by atoms with Crippen LogP contribution in [0.5, 0.6) is 11.5 Å². The molecule has 2 rings (SSSR count). The van der Waals surface area contributed by atoms with Crippen molar-refractivity contribution in [3.05, 3.63) is 56.5 Å². The molecule has 0 radical (unpaired) electrons. The predicted molar refractivity (Wildman–Crippen MR) is 136 cm³/mol. The van der Waals surface area contributed by atoms with Crippen LogP contribution in [0.25, 0.3) is 0 Å². The Kier molecular flexibility index (Phi) is 13.3. The fourth-order valence-corrected chi connectivity index (χ4v) is 4.23. The summed E-state index contributed by atoms with van der Waals surface area (Å²) in [6, 6.07) is 11.0. The highest BCUT2D eigenvalue weighted by molar-refractivity contribution is 9.10. The first-order valence-corrected chi connectivity index (χ1v) is 13.0. The molecule has 0 heterocycles. The van der Waals surface area contributed by atoms with Gasteiger partial charge in [0, 0.05) is 8.95 Å². The normalized spacial score (nSPS) is 10.7. The Morgan fingerprint density at radius 2 is 0.906 bits per heavy atom. The first-order chi connectivity index (χ1) is 15.6. The van der Waals surface area contributed by atoms with E-state index in [0.717, 1.165) is 47.2 Å². The third kappa shape index (κ3) is 10.3. The van der Waals surface area contributed by atoms with Gasteiger partial charge in [0.05, 0.1) is 24.3 Å². The summed E-state index contributed by atoms with van der Waals surface area (Å²) < 4.78 is 13.2. The van der Waals surface area contributed by atoms with Crippen LogP contribution in [0.3, 0.4) is 0 Å². The van der Waals surface area contributed by atoms with E-state index in [2.05, 4.69) is 31.9 Å². The Hall–Kier alpha value is -1.66. The number of hydrogen-bond acceptors (Lipinski definition) is 4. The van der Waals surface area contributed by atoms with Crippen LogP contribution in [0, 0.1) is 0 Å². The van der Waals surface area contributed by atoms with Gasteiger partial charge < -0.3 is 9.47 Å². The number of rotatable bonds is 17. The number of aldehydes is 2. The highest BCUT2D eigenvalue weighted by atomic mass is 79.9. The maximum absolute atomic E-state index is 11.1. The number of halogens is 2. The number of unbranched alkanes of at least 4 members (excludes halogenated alkanes) is 9. The van der Waals surface area contributed by atoms with Gasteiger partial charge in [-0.3, -0.25) is 9.59 Å². The van der Waals surface area contributed by atoms with Crippen molar-refractivity contribution in [3.8, 4) is 11.5 Å². The molecule has 6 heteroatoms.